The van der Waals surface area contributed by atoms with Gasteiger partial charge in [0.25, 0.3) is 11.6 Å². The molecule has 0 aromatic heterocycles. The number of rotatable bonds is 7. The topological polar surface area (TPSA) is 105 Å². The third kappa shape index (κ3) is 6.68. The van der Waals surface area contributed by atoms with Crippen LogP contribution in [0.25, 0.3) is 6.08 Å². The Morgan fingerprint density at radius 1 is 1.18 bits per heavy atom. The lowest BCUT2D eigenvalue weighted by atomic mass is 10.1. The summed E-state index contributed by atoms with van der Waals surface area (Å²) in [5.74, 6) is 0.116. The molecule has 3 aromatic carbocycles. The molecule has 1 amide bonds. The van der Waals surface area contributed by atoms with Gasteiger partial charge in [0, 0.05) is 22.8 Å². The van der Waals surface area contributed by atoms with Gasteiger partial charge in [0.2, 0.25) is 0 Å². The van der Waals surface area contributed by atoms with Crippen molar-refractivity contribution in [1.82, 2.24) is 0 Å². The van der Waals surface area contributed by atoms with Crippen molar-refractivity contribution < 1.29 is 14.5 Å². The molecular formula is C24H16ClI2N3O4. The lowest BCUT2D eigenvalue weighted by Gasteiger charge is -2.12. The highest BCUT2D eigenvalue weighted by Gasteiger charge is 2.14. The molecule has 0 aliphatic carbocycles. The van der Waals surface area contributed by atoms with Crippen LogP contribution in [0.2, 0.25) is 5.02 Å². The molecule has 10 heteroatoms. The number of halogens is 3. The molecule has 0 radical (unpaired) electrons. The quantitative estimate of drug-likeness (QED) is 0.0951. The van der Waals surface area contributed by atoms with Crippen molar-refractivity contribution in [3.8, 4) is 11.8 Å². The normalized spacial score (nSPS) is 11.0. The first-order valence-electron chi connectivity index (χ1n) is 9.72. The van der Waals surface area contributed by atoms with Gasteiger partial charge in [0.1, 0.15) is 24.0 Å². The number of hydrogen-bond acceptors (Lipinski definition) is 5. The Morgan fingerprint density at radius 3 is 2.41 bits per heavy atom. The SMILES string of the molecule is Cc1ccc(Cl)cc1NC(=O)/C(C#N)=C/c1cc(I)c(OCc2ccc([N+](=O)[O-])cc2)c(I)c1. The molecule has 34 heavy (non-hydrogen) atoms. The number of nitro groups is 1. The number of carbonyl (C=O) groups is 1. The molecule has 0 atom stereocenters. The van der Waals surface area contributed by atoms with Crippen molar-refractivity contribution in [2.45, 2.75) is 13.5 Å². The Bertz CT molecular complexity index is 1310. The van der Waals surface area contributed by atoms with Crippen molar-refractivity contribution in [1.29, 1.82) is 5.26 Å². The van der Waals surface area contributed by atoms with E-state index >= 15 is 0 Å². The largest absolute Gasteiger partial charge is 0.487 e. The van der Waals surface area contributed by atoms with Gasteiger partial charge in [-0.3, -0.25) is 14.9 Å². The summed E-state index contributed by atoms with van der Waals surface area (Å²) in [7, 11) is 0. The van der Waals surface area contributed by atoms with E-state index in [0.717, 1.165) is 18.3 Å². The minimum absolute atomic E-state index is 0.0203. The first-order valence-corrected chi connectivity index (χ1v) is 12.3. The fourth-order valence-corrected chi connectivity index (χ4v) is 5.20. The summed E-state index contributed by atoms with van der Waals surface area (Å²) in [5, 5.41) is 23.5. The van der Waals surface area contributed by atoms with Gasteiger partial charge in [-0.05, 0) is 111 Å². The number of aryl methyl sites for hydroxylation is 1. The van der Waals surface area contributed by atoms with Gasteiger partial charge in [0.05, 0.1) is 12.1 Å². The highest BCUT2D eigenvalue weighted by Crippen LogP contribution is 2.31. The molecule has 0 heterocycles. The predicted molar refractivity (Wildman–Crippen MR) is 148 cm³/mol. The third-order valence-electron chi connectivity index (χ3n) is 4.67. The van der Waals surface area contributed by atoms with Crippen molar-refractivity contribution >= 4 is 80.1 Å². The molecule has 0 unspecified atom stereocenters. The van der Waals surface area contributed by atoms with Gasteiger partial charge in [-0.15, -0.1) is 0 Å². The molecule has 3 rings (SSSR count). The summed E-state index contributed by atoms with van der Waals surface area (Å²) < 4.78 is 7.51. The number of ether oxygens (including phenoxy) is 1. The second-order valence-corrected chi connectivity index (χ2v) is 9.87. The predicted octanol–water partition coefficient (Wildman–Crippen LogP) is 6.89. The lowest BCUT2D eigenvalue weighted by Crippen LogP contribution is -2.14. The second-order valence-electron chi connectivity index (χ2n) is 7.11. The average Bonchev–Trinajstić information content (AvgIpc) is 2.79. The van der Waals surface area contributed by atoms with Crippen LogP contribution in [0.4, 0.5) is 11.4 Å². The first kappa shape index (κ1) is 25.9. The molecule has 172 valence electrons. The summed E-state index contributed by atoms with van der Waals surface area (Å²) >= 11 is 10.3. The molecule has 1 N–H and O–H groups in total. The third-order valence-corrected chi connectivity index (χ3v) is 6.51. The van der Waals surface area contributed by atoms with Crippen LogP contribution in [0.5, 0.6) is 5.75 Å². The molecule has 0 aliphatic heterocycles. The van der Waals surface area contributed by atoms with Crippen LogP contribution >= 0.6 is 56.8 Å². The van der Waals surface area contributed by atoms with Crippen LogP contribution in [-0.2, 0) is 11.4 Å². The Balaban J connectivity index is 1.76. The molecule has 0 saturated heterocycles. The minimum atomic E-state index is -0.531. The standard InChI is InChI=1S/C24H16ClI2N3O4/c1-14-2-5-18(25)11-22(14)29-24(31)17(12-28)8-16-9-20(26)23(21(27)10-16)34-13-15-3-6-19(7-4-15)30(32)33/h2-11H,13H2,1H3,(H,29,31)/b17-8+. The monoisotopic (exact) mass is 699 g/mol. The summed E-state index contributed by atoms with van der Waals surface area (Å²) in [6, 6.07) is 16.9. The van der Waals surface area contributed by atoms with E-state index in [-0.39, 0.29) is 17.9 Å². The lowest BCUT2D eigenvalue weighted by molar-refractivity contribution is -0.384. The van der Waals surface area contributed by atoms with Gasteiger partial charge in [0.15, 0.2) is 0 Å². The van der Waals surface area contributed by atoms with E-state index in [1.165, 1.54) is 18.2 Å². The number of nitrogens with zero attached hydrogens (tertiary/aromatic N) is 2. The zero-order chi connectivity index (χ0) is 24.8. The van der Waals surface area contributed by atoms with E-state index in [2.05, 4.69) is 50.5 Å². The van der Waals surface area contributed by atoms with Gasteiger partial charge in [-0.25, -0.2) is 0 Å². The molecule has 3 aromatic rings. The van der Waals surface area contributed by atoms with Crippen molar-refractivity contribution in [2.75, 3.05) is 5.32 Å². The van der Waals surface area contributed by atoms with Gasteiger partial charge in [-0.1, -0.05) is 17.7 Å². The number of nitro benzene ring substituents is 1. The number of nitrogens with one attached hydrogen (secondary N) is 1. The molecular weight excluding hydrogens is 684 g/mol. The van der Waals surface area contributed by atoms with E-state index in [9.17, 15) is 20.2 Å². The minimum Gasteiger partial charge on any atom is -0.487 e. The smallest absolute Gasteiger partial charge is 0.269 e. The van der Waals surface area contributed by atoms with Crippen LogP contribution in [-0.4, -0.2) is 10.8 Å². The van der Waals surface area contributed by atoms with Gasteiger partial charge < -0.3 is 10.1 Å². The van der Waals surface area contributed by atoms with Crippen LogP contribution in [0.1, 0.15) is 16.7 Å². The molecule has 0 spiro atoms. The zero-order valence-electron chi connectivity index (χ0n) is 17.6. The second kappa shape index (κ2) is 11.6. The number of hydrogen-bond donors (Lipinski definition) is 1. The van der Waals surface area contributed by atoms with Gasteiger partial charge >= 0.3 is 0 Å². The Morgan fingerprint density at radius 2 is 1.82 bits per heavy atom. The van der Waals surface area contributed by atoms with E-state index in [1.807, 2.05) is 25.1 Å². The number of amides is 1. The number of non-ortho nitro benzene ring substituents is 1. The summed E-state index contributed by atoms with van der Waals surface area (Å²) in [6.45, 7) is 2.08. The Kier molecular flexibility index (Phi) is 8.87. The average molecular weight is 700 g/mol. The summed E-state index contributed by atoms with van der Waals surface area (Å²) in [5.41, 5.74) is 2.80. The maximum absolute atomic E-state index is 12.7. The van der Waals surface area contributed by atoms with E-state index in [4.69, 9.17) is 16.3 Å². The van der Waals surface area contributed by atoms with Crippen LogP contribution in [0.15, 0.2) is 60.2 Å². The first-order chi connectivity index (χ1) is 16.2. The number of benzene rings is 3. The zero-order valence-corrected chi connectivity index (χ0v) is 22.7. The van der Waals surface area contributed by atoms with E-state index in [1.54, 1.807) is 30.3 Å². The molecule has 7 nitrogen and oxygen atoms in total. The fraction of sp³-hybridized carbons (Fsp3) is 0.0833. The molecule has 0 aliphatic rings. The van der Waals surface area contributed by atoms with Crippen molar-refractivity contribution in [3.05, 3.63) is 99.1 Å². The summed E-state index contributed by atoms with van der Waals surface area (Å²) in [4.78, 5) is 23.0. The van der Waals surface area contributed by atoms with Gasteiger partial charge in [-0.2, -0.15) is 5.26 Å². The number of carbonyl (C=O) groups excluding carboxylic acids is 1. The van der Waals surface area contributed by atoms with Crippen molar-refractivity contribution in [2.24, 2.45) is 0 Å². The molecule has 0 saturated carbocycles. The summed E-state index contributed by atoms with van der Waals surface area (Å²) in [6.07, 6.45) is 1.51. The number of nitriles is 1. The Hall–Kier alpha value is -2.69. The van der Waals surface area contributed by atoms with Crippen LogP contribution < -0.4 is 10.1 Å². The fourth-order valence-electron chi connectivity index (χ4n) is 2.90. The maximum atomic E-state index is 12.7. The highest BCUT2D eigenvalue weighted by atomic mass is 127. The van der Waals surface area contributed by atoms with E-state index in [0.29, 0.717) is 22.0 Å². The maximum Gasteiger partial charge on any atom is 0.269 e. The molecule has 0 bridgehead atoms. The number of anilines is 1. The highest BCUT2D eigenvalue weighted by molar-refractivity contribution is 14.1. The van der Waals surface area contributed by atoms with Crippen molar-refractivity contribution in [3.63, 3.8) is 0 Å². The Labute approximate surface area is 228 Å². The van der Waals surface area contributed by atoms with E-state index < -0.39 is 10.8 Å². The van der Waals surface area contributed by atoms with Crippen LogP contribution in [0.3, 0.4) is 0 Å². The molecule has 0 fully saturated rings. The van der Waals surface area contributed by atoms with Crippen LogP contribution in [0, 0.1) is 35.5 Å².